The molecule has 1 N–H and O–H groups in total. The number of aliphatic imine (C=N–C) groups is 1. The summed E-state index contributed by atoms with van der Waals surface area (Å²) >= 11 is 0. The van der Waals surface area contributed by atoms with Crippen molar-refractivity contribution in [3.63, 3.8) is 0 Å². The molecule has 0 saturated carbocycles. The zero-order valence-electron chi connectivity index (χ0n) is 19.1. The summed E-state index contributed by atoms with van der Waals surface area (Å²) in [5.74, 6) is 2.31. The van der Waals surface area contributed by atoms with Crippen molar-refractivity contribution in [1.29, 1.82) is 0 Å². The van der Waals surface area contributed by atoms with Crippen LogP contribution < -0.4 is 19.5 Å². The van der Waals surface area contributed by atoms with Crippen LogP contribution in [0.2, 0.25) is 0 Å². The number of benzene rings is 2. The van der Waals surface area contributed by atoms with Gasteiger partial charge in [-0.25, -0.2) is 4.79 Å². The van der Waals surface area contributed by atoms with Crippen LogP contribution in [-0.2, 0) is 24.2 Å². The maximum atomic E-state index is 12.0. The lowest BCUT2D eigenvalue weighted by Crippen LogP contribution is -2.43. The van der Waals surface area contributed by atoms with E-state index in [1.165, 1.54) is 25.3 Å². The van der Waals surface area contributed by atoms with Gasteiger partial charge >= 0.3 is 5.97 Å². The zero-order chi connectivity index (χ0) is 22.4. The lowest BCUT2D eigenvalue weighted by molar-refractivity contribution is 0.0597. The normalized spacial score (nSPS) is 12.9. The molecule has 1 aliphatic rings. The van der Waals surface area contributed by atoms with Crippen LogP contribution in [-0.4, -0.2) is 58.9 Å². The molecule has 0 amide bonds. The topological polar surface area (TPSA) is 81.6 Å². The van der Waals surface area contributed by atoms with Crippen molar-refractivity contribution in [3.8, 4) is 17.2 Å². The smallest absolute Gasteiger partial charge is 0.341 e. The van der Waals surface area contributed by atoms with E-state index in [0.29, 0.717) is 24.4 Å². The Balaban J connectivity index is 0.00000363. The van der Waals surface area contributed by atoms with Gasteiger partial charge < -0.3 is 29.2 Å². The van der Waals surface area contributed by atoms with Gasteiger partial charge in [0, 0.05) is 26.7 Å². The highest BCUT2D eigenvalue weighted by Crippen LogP contribution is 2.33. The molecule has 2 aromatic carbocycles. The first-order valence-electron chi connectivity index (χ1n) is 9.99. The summed E-state index contributed by atoms with van der Waals surface area (Å²) in [5, 5.41) is 3.39. The number of esters is 1. The van der Waals surface area contributed by atoms with Crippen LogP contribution in [0.5, 0.6) is 17.2 Å². The highest BCUT2D eigenvalue weighted by molar-refractivity contribution is 14.0. The zero-order valence-corrected chi connectivity index (χ0v) is 21.4. The standard InChI is InChI=1S/C23H29N3O5.HI/c1-24-23(25-13-15-6-7-19(28-2)18(10-15)22(27)31-5)26-9-8-16-11-20(29-3)21(30-4)12-17(16)14-26;/h6-7,10-12H,8-9,13-14H2,1-5H3,(H,24,25);1H. The van der Waals surface area contributed by atoms with Crippen LogP contribution in [0.15, 0.2) is 35.3 Å². The van der Waals surface area contributed by atoms with Gasteiger partial charge in [0.25, 0.3) is 0 Å². The van der Waals surface area contributed by atoms with Gasteiger partial charge in [-0.05, 0) is 47.4 Å². The third-order valence-electron chi connectivity index (χ3n) is 5.35. The van der Waals surface area contributed by atoms with Crippen LogP contribution in [0, 0.1) is 0 Å². The number of carbonyl (C=O) groups is 1. The molecule has 0 atom stereocenters. The molecule has 0 aromatic heterocycles. The Labute approximate surface area is 205 Å². The fourth-order valence-electron chi connectivity index (χ4n) is 3.71. The van der Waals surface area contributed by atoms with Crippen LogP contribution in [0.1, 0.15) is 27.0 Å². The number of nitrogens with zero attached hydrogens (tertiary/aromatic N) is 2. The number of hydrogen-bond acceptors (Lipinski definition) is 6. The average Bonchev–Trinajstić information content (AvgIpc) is 2.82. The van der Waals surface area contributed by atoms with E-state index in [1.807, 2.05) is 18.2 Å². The van der Waals surface area contributed by atoms with Crippen LogP contribution in [0.25, 0.3) is 0 Å². The maximum absolute atomic E-state index is 12.0. The molecule has 2 aromatic rings. The lowest BCUT2D eigenvalue weighted by atomic mass is 9.99. The number of fused-ring (bicyclic) bond motifs is 1. The third kappa shape index (κ3) is 5.56. The van der Waals surface area contributed by atoms with E-state index in [0.717, 1.165) is 36.0 Å². The minimum Gasteiger partial charge on any atom is -0.496 e. The largest absolute Gasteiger partial charge is 0.496 e. The van der Waals surface area contributed by atoms with Crippen molar-refractivity contribution >= 4 is 35.9 Å². The van der Waals surface area contributed by atoms with E-state index < -0.39 is 5.97 Å². The van der Waals surface area contributed by atoms with Crippen molar-refractivity contribution in [1.82, 2.24) is 10.2 Å². The van der Waals surface area contributed by atoms with Gasteiger partial charge in [0.05, 0.1) is 28.4 Å². The molecule has 0 radical (unpaired) electrons. The average molecular weight is 555 g/mol. The SMILES string of the molecule is CN=C(NCc1ccc(OC)c(C(=O)OC)c1)N1CCc2cc(OC)c(OC)cc2C1.I. The number of guanidine groups is 1. The van der Waals surface area contributed by atoms with Gasteiger partial charge in [-0.2, -0.15) is 0 Å². The van der Waals surface area contributed by atoms with E-state index in [9.17, 15) is 4.79 Å². The quantitative estimate of drug-likeness (QED) is 0.254. The van der Waals surface area contributed by atoms with Crippen molar-refractivity contribution in [2.45, 2.75) is 19.5 Å². The molecule has 8 nitrogen and oxygen atoms in total. The maximum Gasteiger partial charge on any atom is 0.341 e. The summed E-state index contributed by atoms with van der Waals surface area (Å²) in [5.41, 5.74) is 3.75. The van der Waals surface area contributed by atoms with Gasteiger partial charge in [-0.1, -0.05) is 6.07 Å². The number of ether oxygens (including phenoxy) is 4. The van der Waals surface area contributed by atoms with Crippen molar-refractivity contribution in [2.75, 3.05) is 42.0 Å². The highest BCUT2D eigenvalue weighted by Gasteiger charge is 2.22. The molecule has 1 aliphatic heterocycles. The molecule has 1 heterocycles. The summed E-state index contributed by atoms with van der Waals surface area (Å²) in [6.45, 7) is 2.06. The van der Waals surface area contributed by atoms with Gasteiger partial charge in [0.2, 0.25) is 0 Å². The summed E-state index contributed by atoms with van der Waals surface area (Å²) in [4.78, 5) is 18.7. The molecule has 174 valence electrons. The van der Waals surface area contributed by atoms with Crippen LogP contribution in [0.4, 0.5) is 0 Å². The Kier molecular flexibility index (Phi) is 9.42. The van der Waals surface area contributed by atoms with Gasteiger partial charge in [-0.3, -0.25) is 4.99 Å². The van der Waals surface area contributed by atoms with E-state index in [-0.39, 0.29) is 24.0 Å². The molecule has 0 bridgehead atoms. The van der Waals surface area contributed by atoms with Crippen molar-refractivity contribution in [2.24, 2.45) is 4.99 Å². The number of halogens is 1. The minimum atomic E-state index is -0.430. The van der Waals surface area contributed by atoms with Crippen molar-refractivity contribution < 1.29 is 23.7 Å². The second-order valence-electron chi connectivity index (χ2n) is 7.07. The molecule has 32 heavy (non-hydrogen) atoms. The molecule has 9 heteroatoms. The second-order valence-corrected chi connectivity index (χ2v) is 7.07. The number of rotatable bonds is 6. The van der Waals surface area contributed by atoms with E-state index in [4.69, 9.17) is 18.9 Å². The molecule has 0 aliphatic carbocycles. The molecule has 0 fully saturated rings. The predicted molar refractivity (Wildman–Crippen MR) is 134 cm³/mol. The summed E-state index contributed by atoms with van der Waals surface area (Å²) in [7, 11) is 7.94. The molecule has 0 saturated heterocycles. The first-order valence-corrected chi connectivity index (χ1v) is 9.99. The van der Waals surface area contributed by atoms with Crippen LogP contribution >= 0.6 is 24.0 Å². The molecule has 0 spiro atoms. The molecular weight excluding hydrogens is 525 g/mol. The van der Waals surface area contributed by atoms with E-state index in [2.05, 4.69) is 15.2 Å². The Morgan fingerprint density at radius 3 is 2.25 bits per heavy atom. The number of carbonyl (C=O) groups excluding carboxylic acids is 1. The van der Waals surface area contributed by atoms with E-state index in [1.54, 1.807) is 33.4 Å². The number of methoxy groups -OCH3 is 4. The van der Waals surface area contributed by atoms with Gasteiger partial charge in [-0.15, -0.1) is 24.0 Å². The monoisotopic (exact) mass is 555 g/mol. The first kappa shape index (κ1) is 25.6. The predicted octanol–water partition coefficient (Wildman–Crippen LogP) is 3.25. The molecular formula is C23H30IN3O5. The summed E-state index contributed by atoms with van der Waals surface area (Å²) in [6.07, 6.45) is 0.880. The van der Waals surface area contributed by atoms with E-state index >= 15 is 0 Å². The number of hydrogen-bond donors (Lipinski definition) is 1. The molecule has 0 unspecified atom stereocenters. The Bertz CT molecular complexity index is 980. The second kappa shape index (κ2) is 11.8. The number of nitrogens with one attached hydrogen (secondary N) is 1. The fraction of sp³-hybridized carbons (Fsp3) is 0.391. The van der Waals surface area contributed by atoms with Crippen LogP contribution in [0.3, 0.4) is 0 Å². The Morgan fingerprint density at radius 1 is 1.00 bits per heavy atom. The minimum absolute atomic E-state index is 0. The van der Waals surface area contributed by atoms with Gasteiger partial charge in [0.15, 0.2) is 17.5 Å². The Morgan fingerprint density at radius 2 is 1.66 bits per heavy atom. The van der Waals surface area contributed by atoms with Crippen molar-refractivity contribution in [3.05, 3.63) is 52.6 Å². The first-order chi connectivity index (χ1) is 15.0. The fourth-order valence-corrected chi connectivity index (χ4v) is 3.71. The summed E-state index contributed by atoms with van der Waals surface area (Å²) in [6, 6.07) is 9.53. The third-order valence-corrected chi connectivity index (χ3v) is 5.35. The van der Waals surface area contributed by atoms with Gasteiger partial charge in [0.1, 0.15) is 11.3 Å². The highest BCUT2D eigenvalue weighted by atomic mass is 127. The molecule has 3 rings (SSSR count). The summed E-state index contributed by atoms with van der Waals surface area (Å²) < 4.78 is 21.0. The lowest BCUT2D eigenvalue weighted by Gasteiger charge is -2.32. The Hall–Kier alpha value is -2.69.